The van der Waals surface area contributed by atoms with E-state index in [1.54, 1.807) is 25.6 Å². The van der Waals surface area contributed by atoms with E-state index in [-0.39, 0.29) is 11.3 Å². The molecule has 132 valence electrons. The Morgan fingerprint density at radius 1 is 1.32 bits per heavy atom. The molecule has 0 bridgehead atoms. The van der Waals surface area contributed by atoms with Gasteiger partial charge >= 0.3 is 0 Å². The fraction of sp³-hybridized carbons (Fsp3) is 0.368. The molecule has 3 rings (SSSR count). The van der Waals surface area contributed by atoms with Crippen molar-refractivity contribution in [2.75, 3.05) is 26.9 Å². The molecule has 0 saturated carbocycles. The Morgan fingerprint density at radius 2 is 2.08 bits per heavy atom. The molecular weight excluding hydrogens is 384 g/mol. The maximum absolute atomic E-state index is 12.5. The number of carbonyl (C=O) groups is 1. The molecule has 1 aromatic heterocycles. The van der Waals surface area contributed by atoms with Crippen molar-refractivity contribution < 1.29 is 14.3 Å². The summed E-state index contributed by atoms with van der Waals surface area (Å²) >= 11 is 3.35. The van der Waals surface area contributed by atoms with Gasteiger partial charge in [0, 0.05) is 47.6 Å². The molecule has 1 aromatic carbocycles. The Kier molecular flexibility index (Phi) is 5.71. The van der Waals surface area contributed by atoms with Crippen LogP contribution >= 0.6 is 15.9 Å². The highest BCUT2D eigenvalue weighted by Crippen LogP contribution is 2.39. The summed E-state index contributed by atoms with van der Waals surface area (Å²) in [5.74, 6) is 0.720. The number of aromatic nitrogens is 1. The maximum Gasteiger partial charge on any atom is 0.252 e. The van der Waals surface area contributed by atoms with Gasteiger partial charge in [-0.25, -0.2) is 0 Å². The lowest BCUT2D eigenvalue weighted by Gasteiger charge is -2.38. The molecule has 1 aliphatic heterocycles. The van der Waals surface area contributed by atoms with Crippen LogP contribution in [0.1, 0.15) is 28.8 Å². The first kappa shape index (κ1) is 17.9. The molecule has 25 heavy (non-hydrogen) atoms. The Bertz CT molecular complexity index is 745. The van der Waals surface area contributed by atoms with Crippen molar-refractivity contribution in [3.63, 3.8) is 0 Å². The van der Waals surface area contributed by atoms with Gasteiger partial charge in [0.15, 0.2) is 0 Å². The van der Waals surface area contributed by atoms with Gasteiger partial charge in [0.1, 0.15) is 5.75 Å². The molecule has 5 nitrogen and oxygen atoms in total. The molecule has 2 aromatic rings. The fourth-order valence-electron chi connectivity index (χ4n) is 3.27. The number of para-hydroxylation sites is 1. The Balaban J connectivity index is 1.83. The molecule has 0 atom stereocenters. The van der Waals surface area contributed by atoms with Crippen molar-refractivity contribution in [3.05, 3.63) is 58.3 Å². The lowest BCUT2D eigenvalue weighted by Crippen LogP contribution is -2.44. The van der Waals surface area contributed by atoms with Gasteiger partial charge in [-0.3, -0.25) is 9.78 Å². The van der Waals surface area contributed by atoms with Gasteiger partial charge in [-0.05, 0) is 40.9 Å². The molecule has 6 heteroatoms. The molecule has 0 spiro atoms. The number of carbonyl (C=O) groups excluding carboxylic acids is 1. The predicted molar refractivity (Wildman–Crippen MR) is 99.0 cm³/mol. The SMILES string of the molecule is COc1ccccc1C1(CNC(=O)c2cncc(Br)c2)CCOCC1. The average molecular weight is 405 g/mol. The number of hydrogen-bond donors (Lipinski definition) is 1. The van der Waals surface area contributed by atoms with Gasteiger partial charge in [0.25, 0.3) is 5.91 Å². The summed E-state index contributed by atoms with van der Waals surface area (Å²) in [7, 11) is 1.68. The lowest BCUT2D eigenvalue weighted by molar-refractivity contribution is 0.0479. The number of rotatable bonds is 5. The van der Waals surface area contributed by atoms with Crippen molar-refractivity contribution in [2.24, 2.45) is 0 Å². The normalized spacial score (nSPS) is 16.2. The van der Waals surface area contributed by atoms with E-state index in [1.807, 2.05) is 18.2 Å². The number of amides is 1. The molecule has 1 fully saturated rings. The highest BCUT2D eigenvalue weighted by atomic mass is 79.9. The predicted octanol–water partition coefficient (Wildman–Crippen LogP) is 3.33. The van der Waals surface area contributed by atoms with Gasteiger partial charge in [0.2, 0.25) is 0 Å². The zero-order valence-electron chi connectivity index (χ0n) is 14.1. The third kappa shape index (κ3) is 4.02. The number of methoxy groups -OCH3 is 1. The minimum Gasteiger partial charge on any atom is -0.496 e. The summed E-state index contributed by atoms with van der Waals surface area (Å²) in [6.07, 6.45) is 4.90. The van der Waals surface area contributed by atoms with E-state index in [2.05, 4.69) is 32.3 Å². The van der Waals surface area contributed by atoms with E-state index < -0.39 is 0 Å². The summed E-state index contributed by atoms with van der Waals surface area (Å²) in [6.45, 7) is 1.88. The number of hydrogen-bond acceptors (Lipinski definition) is 4. The molecule has 2 heterocycles. The number of halogens is 1. The zero-order valence-corrected chi connectivity index (χ0v) is 15.7. The average Bonchev–Trinajstić information content (AvgIpc) is 2.67. The third-order valence-electron chi connectivity index (χ3n) is 4.68. The largest absolute Gasteiger partial charge is 0.496 e. The molecular formula is C19H21BrN2O3. The van der Waals surface area contributed by atoms with E-state index in [0.717, 1.165) is 28.6 Å². The van der Waals surface area contributed by atoms with Crippen molar-refractivity contribution in [3.8, 4) is 5.75 Å². The highest BCUT2D eigenvalue weighted by Gasteiger charge is 2.37. The van der Waals surface area contributed by atoms with Gasteiger partial charge < -0.3 is 14.8 Å². The quantitative estimate of drug-likeness (QED) is 0.829. The maximum atomic E-state index is 12.5. The number of nitrogens with one attached hydrogen (secondary N) is 1. The summed E-state index contributed by atoms with van der Waals surface area (Å²) in [5.41, 5.74) is 1.46. The van der Waals surface area contributed by atoms with Crippen LogP contribution < -0.4 is 10.1 Å². The first-order valence-electron chi connectivity index (χ1n) is 8.25. The second-order valence-corrected chi connectivity index (χ2v) is 7.08. The van der Waals surface area contributed by atoms with Crippen LogP contribution in [0.5, 0.6) is 5.75 Å². The van der Waals surface area contributed by atoms with E-state index >= 15 is 0 Å². The van der Waals surface area contributed by atoms with Gasteiger partial charge in [0.05, 0.1) is 12.7 Å². The van der Waals surface area contributed by atoms with Gasteiger partial charge in [-0.1, -0.05) is 18.2 Å². The van der Waals surface area contributed by atoms with Crippen LogP contribution in [-0.4, -0.2) is 37.8 Å². The van der Waals surface area contributed by atoms with Crippen LogP contribution in [0, 0.1) is 0 Å². The number of pyridine rings is 1. The molecule has 1 aliphatic rings. The van der Waals surface area contributed by atoms with Crippen LogP contribution in [0.4, 0.5) is 0 Å². The van der Waals surface area contributed by atoms with E-state index in [0.29, 0.717) is 25.3 Å². The van der Waals surface area contributed by atoms with Crippen LogP contribution in [0.2, 0.25) is 0 Å². The van der Waals surface area contributed by atoms with Crippen LogP contribution in [0.15, 0.2) is 47.2 Å². The molecule has 1 saturated heterocycles. The third-order valence-corrected chi connectivity index (χ3v) is 5.12. The first-order chi connectivity index (χ1) is 12.1. The summed E-state index contributed by atoms with van der Waals surface area (Å²) < 4.78 is 11.9. The lowest BCUT2D eigenvalue weighted by atomic mass is 9.73. The van der Waals surface area contributed by atoms with Crippen LogP contribution in [0.25, 0.3) is 0 Å². The van der Waals surface area contributed by atoms with Crippen LogP contribution in [0.3, 0.4) is 0 Å². The minimum absolute atomic E-state index is 0.130. The number of nitrogens with zero attached hydrogens (tertiary/aromatic N) is 1. The van der Waals surface area contributed by atoms with Crippen molar-refractivity contribution in [1.82, 2.24) is 10.3 Å². The Hall–Kier alpha value is -1.92. The smallest absolute Gasteiger partial charge is 0.252 e. The second-order valence-electron chi connectivity index (χ2n) is 6.17. The standard InChI is InChI=1S/C19H21BrN2O3/c1-24-17-5-3-2-4-16(17)19(6-8-25-9-7-19)13-22-18(23)14-10-15(20)12-21-11-14/h2-5,10-12H,6-9,13H2,1H3,(H,22,23). The highest BCUT2D eigenvalue weighted by molar-refractivity contribution is 9.10. The van der Waals surface area contributed by atoms with Crippen molar-refractivity contribution in [2.45, 2.75) is 18.3 Å². The fourth-order valence-corrected chi connectivity index (χ4v) is 3.64. The Labute approximate surface area is 155 Å². The van der Waals surface area contributed by atoms with E-state index in [9.17, 15) is 4.79 Å². The number of ether oxygens (including phenoxy) is 2. The minimum atomic E-state index is -0.194. The van der Waals surface area contributed by atoms with E-state index in [1.165, 1.54) is 0 Å². The molecule has 0 aliphatic carbocycles. The monoisotopic (exact) mass is 404 g/mol. The van der Waals surface area contributed by atoms with Gasteiger partial charge in [-0.15, -0.1) is 0 Å². The number of benzene rings is 1. The van der Waals surface area contributed by atoms with Crippen molar-refractivity contribution >= 4 is 21.8 Å². The summed E-state index contributed by atoms with van der Waals surface area (Å²) in [6, 6.07) is 9.78. The summed E-state index contributed by atoms with van der Waals surface area (Å²) in [5, 5.41) is 3.08. The van der Waals surface area contributed by atoms with E-state index in [4.69, 9.17) is 9.47 Å². The zero-order chi connectivity index (χ0) is 17.7. The Morgan fingerprint density at radius 3 is 2.80 bits per heavy atom. The summed E-state index contributed by atoms with van der Waals surface area (Å²) in [4.78, 5) is 16.6. The first-order valence-corrected chi connectivity index (χ1v) is 9.04. The van der Waals surface area contributed by atoms with Gasteiger partial charge in [-0.2, -0.15) is 0 Å². The molecule has 1 amide bonds. The topological polar surface area (TPSA) is 60.5 Å². The van der Waals surface area contributed by atoms with Crippen molar-refractivity contribution in [1.29, 1.82) is 0 Å². The molecule has 0 radical (unpaired) electrons. The molecule has 0 unspecified atom stereocenters. The molecule has 1 N–H and O–H groups in total. The second kappa shape index (κ2) is 7.97. The van der Waals surface area contributed by atoms with Crippen LogP contribution in [-0.2, 0) is 10.2 Å².